The lowest BCUT2D eigenvalue weighted by atomic mass is 10.1. The van der Waals surface area contributed by atoms with Crippen molar-refractivity contribution >= 4 is 50.2 Å². The molecule has 1 N–H and O–H groups in total. The Morgan fingerprint density at radius 1 is 1.27 bits per heavy atom. The Kier molecular flexibility index (Phi) is 5.59. The number of carboxylic acid groups (broad SMARTS) is 1. The van der Waals surface area contributed by atoms with Crippen molar-refractivity contribution in [3.63, 3.8) is 0 Å². The zero-order valence-corrected chi connectivity index (χ0v) is 16.1. The second kappa shape index (κ2) is 7.58. The number of sulfone groups is 1. The molecule has 140 valence electrons. The number of hydrogen-bond acceptors (Lipinski definition) is 5. The number of amides is 1. The van der Waals surface area contributed by atoms with Gasteiger partial charge in [-0.25, -0.2) is 8.42 Å². The number of fused-ring (bicyclic) bond motifs is 1. The number of aliphatic carboxylic acids is 1. The van der Waals surface area contributed by atoms with Gasteiger partial charge in [-0.3, -0.25) is 9.59 Å². The summed E-state index contributed by atoms with van der Waals surface area (Å²) in [6.45, 7) is 0.342. The van der Waals surface area contributed by atoms with Crippen LogP contribution in [0.2, 0.25) is 5.02 Å². The molecule has 0 saturated carbocycles. The van der Waals surface area contributed by atoms with Crippen LogP contribution in [-0.4, -0.2) is 58.3 Å². The lowest BCUT2D eigenvalue weighted by Crippen LogP contribution is -2.37. The van der Waals surface area contributed by atoms with Crippen LogP contribution in [-0.2, 0) is 26.0 Å². The van der Waals surface area contributed by atoms with E-state index in [-0.39, 0.29) is 35.6 Å². The number of thioether (sulfide) groups is 1. The fourth-order valence-electron chi connectivity index (χ4n) is 3.01. The molecule has 2 aliphatic heterocycles. The van der Waals surface area contributed by atoms with Crippen LogP contribution >= 0.6 is 23.4 Å². The zero-order chi connectivity index (χ0) is 18.9. The summed E-state index contributed by atoms with van der Waals surface area (Å²) in [5, 5.41) is 9.49. The third-order valence-corrected chi connectivity index (χ3v) is 7.86. The zero-order valence-electron chi connectivity index (χ0n) is 13.7. The number of carbonyl (C=O) groups is 2. The first-order valence-corrected chi connectivity index (χ1v) is 11.0. The van der Waals surface area contributed by atoms with Gasteiger partial charge in [0.05, 0.1) is 24.0 Å². The molecule has 1 aromatic rings. The summed E-state index contributed by atoms with van der Waals surface area (Å²) in [5.41, 5.74) is 0.811. The molecule has 2 heterocycles. The number of hydrogen-bond donors (Lipinski definition) is 1. The molecule has 0 unspecified atom stereocenters. The van der Waals surface area contributed by atoms with E-state index in [9.17, 15) is 18.0 Å². The molecule has 2 aliphatic rings. The third kappa shape index (κ3) is 4.39. The minimum absolute atomic E-state index is 0.0114. The molecule has 3 rings (SSSR count). The maximum Gasteiger partial charge on any atom is 0.303 e. The van der Waals surface area contributed by atoms with Crippen LogP contribution in [0.1, 0.15) is 18.4 Å². The molecular weight excluding hydrogens is 400 g/mol. The molecule has 1 aromatic carbocycles. The smallest absolute Gasteiger partial charge is 0.303 e. The van der Waals surface area contributed by atoms with Gasteiger partial charge in [-0.15, -0.1) is 0 Å². The first kappa shape index (κ1) is 19.2. The molecule has 0 bridgehead atoms. The summed E-state index contributed by atoms with van der Waals surface area (Å²) in [7, 11) is -3.13. The van der Waals surface area contributed by atoms with Gasteiger partial charge in [0.15, 0.2) is 15.0 Å². The normalized spacial score (nSPS) is 25.4. The predicted octanol–water partition coefficient (Wildman–Crippen LogP) is 1.80. The second-order valence-corrected chi connectivity index (χ2v) is 9.97. The van der Waals surface area contributed by atoms with Gasteiger partial charge in [-0.2, -0.15) is 4.99 Å². The minimum atomic E-state index is -3.13. The lowest BCUT2D eigenvalue weighted by molar-refractivity contribution is -0.138. The van der Waals surface area contributed by atoms with E-state index in [1.165, 1.54) is 11.8 Å². The van der Waals surface area contributed by atoms with Crippen molar-refractivity contribution in [2.45, 2.75) is 30.7 Å². The highest BCUT2D eigenvalue weighted by Gasteiger charge is 2.48. The minimum Gasteiger partial charge on any atom is -0.481 e. The molecule has 1 amide bonds. The standard InChI is InChI=1S/C16H17ClN2O5S2/c17-11-4-2-1-3-10(11)7-19-12-8-26(23,24)9-13(12)25-16(19)18-14(20)5-6-15(21)22/h1-4,12-13H,5-9H2,(H,21,22)/t12-,13+/m0/s1. The largest absolute Gasteiger partial charge is 0.481 e. The molecule has 0 aromatic heterocycles. The van der Waals surface area contributed by atoms with E-state index in [2.05, 4.69) is 4.99 Å². The van der Waals surface area contributed by atoms with E-state index in [0.717, 1.165) is 5.56 Å². The molecule has 2 saturated heterocycles. The highest BCUT2D eigenvalue weighted by molar-refractivity contribution is 8.15. The molecular formula is C16H17ClN2O5S2. The van der Waals surface area contributed by atoms with Gasteiger partial charge in [0.1, 0.15) is 0 Å². The van der Waals surface area contributed by atoms with Crippen LogP contribution in [0.4, 0.5) is 0 Å². The third-order valence-electron chi connectivity index (χ3n) is 4.25. The SMILES string of the molecule is O=C(O)CCC(=O)N=C1S[C@@H]2CS(=O)(=O)C[C@@H]2N1Cc1ccccc1Cl. The van der Waals surface area contributed by atoms with E-state index >= 15 is 0 Å². The summed E-state index contributed by atoms with van der Waals surface area (Å²) in [5.74, 6) is -1.53. The Morgan fingerprint density at radius 2 is 2.00 bits per heavy atom. The maximum absolute atomic E-state index is 12.0. The van der Waals surface area contributed by atoms with Crippen molar-refractivity contribution < 1.29 is 23.1 Å². The van der Waals surface area contributed by atoms with Crippen molar-refractivity contribution in [2.24, 2.45) is 4.99 Å². The number of nitrogens with zero attached hydrogens (tertiary/aromatic N) is 2. The van der Waals surface area contributed by atoms with Gasteiger partial charge in [-0.05, 0) is 11.6 Å². The Labute approximate surface area is 160 Å². The number of amidine groups is 1. The Balaban J connectivity index is 1.85. The highest BCUT2D eigenvalue weighted by atomic mass is 35.5. The number of carboxylic acids is 1. The average molecular weight is 417 g/mol. The molecule has 7 nitrogen and oxygen atoms in total. The Bertz CT molecular complexity index is 871. The number of benzene rings is 1. The summed E-state index contributed by atoms with van der Waals surface area (Å²) < 4.78 is 24.0. The summed E-state index contributed by atoms with van der Waals surface area (Å²) >= 11 is 7.48. The van der Waals surface area contributed by atoms with Crippen LogP contribution in [0, 0.1) is 0 Å². The van der Waals surface area contributed by atoms with Gasteiger partial charge in [0, 0.05) is 23.2 Å². The van der Waals surface area contributed by atoms with E-state index in [1.807, 2.05) is 12.1 Å². The molecule has 0 radical (unpaired) electrons. The van der Waals surface area contributed by atoms with Crippen molar-refractivity contribution in [3.8, 4) is 0 Å². The quantitative estimate of drug-likeness (QED) is 0.780. The molecule has 10 heteroatoms. The first-order valence-electron chi connectivity index (χ1n) is 7.95. The number of aliphatic imine (C=N–C) groups is 1. The molecule has 2 atom stereocenters. The molecule has 0 spiro atoms. The molecule has 0 aliphatic carbocycles. The van der Waals surface area contributed by atoms with E-state index in [0.29, 0.717) is 16.7 Å². The van der Waals surface area contributed by atoms with Crippen LogP contribution in [0.3, 0.4) is 0 Å². The van der Waals surface area contributed by atoms with Crippen LogP contribution in [0.15, 0.2) is 29.3 Å². The first-order chi connectivity index (χ1) is 12.2. The second-order valence-electron chi connectivity index (χ2n) is 6.20. The molecule has 2 fully saturated rings. The van der Waals surface area contributed by atoms with Crippen molar-refractivity contribution in [3.05, 3.63) is 34.9 Å². The van der Waals surface area contributed by atoms with Crippen LogP contribution < -0.4 is 0 Å². The van der Waals surface area contributed by atoms with Gasteiger partial charge in [0.2, 0.25) is 5.91 Å². The maximum atomic E-state index is 12.0. The van der Waals surface area contributed by atoms with Gasteiger partial charge >= 0.3 is 5.97 Å². The molecule has 26 heavy (non-hydrogen) atoms. The average Bonchev–Trinajstić information content (AvgIpc) is 3.00. The monoisotopic (exact) mass is 416 g/mol. The lowest BCUT2D eigenvalue weighted by Gasteiger charge is -2.24. The fourth-order valence-corrected chi connectivity index (χ4v) is 7.17. The van der Waals surface area contributed by atoms with Crippen LogP contribution in [0.5, 0.6) is 0 Å². The summed E-state index contributed by atoms with van der Waals surface area (Å²) in [6.07, 6.45) is -0.473. The van der Waals surface area contributed by atoms with E-state index < -0.39 is 21.7 Å². The number of carbonyl (C=O) groups excluding carboxylic acids is 1. The van der Waals surface area contributed by atoms with Gasteiger partial charge < -0.3 is 10.0 Å². The van der Waals surface area contributed by atoms with Crippen molar-refractivity contribution in [1.29, 1.82) is 0 Å². The summed E-state index contributed by atoms with van der Waals surface area (Å²) in [4.78, 5) is 28.5. The van der Waals surface area contributed by atoms with Crippen molar-refractivity contribution in [2.75, 3.05) is 11.5 Å². The Hall–Kier alpha value is -1.58. The van der Waals surface area contributed by atoms with E-state index in [4.69, 9.17) is 16.7 Å². The van der Waals surface area contributed by atoms with Crippen molar-refractivity contribution in [1.82, 2.24) is 4.90 Å². The van der Waals surface area contributed by atoms with Gasteiger partial charge in [-0.1, -0.05) is 41.6 Å². The topological polar surface area (TPSA) is 104 Å². The fraction of sp³-hybridized carbons (Fsp3) is 0.438. The van der Waals surface area contributed by atoms with Gasteiger partial charge in [0.25, 0.3) is 0 Å². The summed E-state index contributed by atoms with van der Waals surface area (Å²) in [6, 6.07) is 6.96. The number of halogens is 1. The van der Waals surface area contributed by atoms with Crippen LogP contribution in [0.25, 0.3) is 0 Å². The van der Waals surface area contributed by atoms with E-state index in [1.54, 1.807) is 17.0 Å². The highest BCUT2D eigenvalue weighted by Crippen LogP contribution is 2.39. The number of rotatable bonds is 5. The Morgan fingerprint density at radius 3 is 2.69 bits per heavy atom. The predicted molar refractivity (Wildman–Crippen MR) is 100 cm³/mol.